The Kier molecular flexibility index (Phi) is 9.59. The van der Waals surface area contributed by atoms with Crippen LogP contribution in [0, 0.1) is 0 Å². The van der Waals surface area contributed by atoms with Gasteiger partial charge in [0.05, 0.1) is 5.41 Å². The largest absolute Gasteiger partial charge is 0.208 e. The average Bonchev–Trinajstić information content (AvgIpc) is 3.94. The second-order valence-electron chi connectivity index (χ2n) is 17.5. The van der Waals surface area contributed by atoms with E-state index >= 15 is 0 Å². The van der Waals surface area contributed by atoms with Crippen molar-refractivity contribution in [3.63, 3.8) is 0 Å². The fourth-order valence-corrected chi connectivity index (χ4v) is 11.5. The normalized spacial score (nSPS) is 12.5. The Labute approximate surface area is 399 Å². The van der Waals surface area contributed by atoms with Gasteiger partial charge in [0.2, 0.25) is 0 Å². The molecule has 0 saturated carbocycles. The number of aromatic nitrogens is 3. The molecule has 10 aromatic carbocycles. The minimum Gasteiger partial charge on any atom is -0.208 e. The van der Waals surface area contributed by atoms with Crippen molar-refractivity contribution >= 4 is 31.5 Å². The molecule has 0 saturated heterocycles. The molecule has 0 aliphatic heterocycles. The monoisotopic (exact) mass is 883 g/mol. The Morgan fingerprint density at radius 2 is 0.706 bits per heavy atom. The van der Waals surface area contributed by atoms with Gasteiger partial charge in [-0.1, -0.05) is 218 Å². The van der Waals surface area contributed by atoms with Crippen LogP contribution in [0.15, 0.2) is 249 Å². The number of thiophene rings is 1. The SMILES string of the molecule is c1ccc(-c2nc(-c3ccccc3)nc(-c3ccc(-c4ccc(-c5cc6c(cc5-c5ccc7sc8ccccc8c7c5)-c5ccccc5C6(c5ccccc5)c5ccccc5)cc4)cc3)n2)cc1. The summed E-state index contributed by atoms with van der Waals surface area (Å²) in [6.45, 7) is 0. The number of rotatable bonds is 8. The van der Waals surface area contributed by atoms with Crippen molar-refractivity contribution in [2.24, 2.45) is 0 Å². The van der Waals surface area contributed by atoms with Gasteiger partial charge >= 0.3 is 0 Å². The molecule has 13 rings (SSSR count). The number of hydrogen-bond acceptors (Lipinski definition) is 4. The fraction of sp³-hybridized carbons (Fsp3) is 0.0156. The Balaban J connectivity index is 0.951. The van der Waals surface area contributed by atoms with E-state index < -0.39 is 5.41 Å². The maximum atomic E-state index is 4.97. The molecule has 0 radical (unpaired) electrons. The molecule has 0 fully saturated rings. The lowest BCUT2D eigenvalue weighted by Crippen LogP contribution is -2.28. The number of nitrogens with zero attached hydrogens (tertiary/aromatic N) is 3. The predicted molar refractivity (Wildman–Crippen MR) is 283 cm³/mol. The molecular weight excluding hydrogens is 843 g/mol. The van der Waals surface area contributed by atoms with Gasteiger partial charge < -0.3 is 0 Å². The Morgan fingerprint density at radius 1 is 0.265 bits per heavy atom. The minimum absolute atomic E-state index is 0.515. The van der Waals surface area contributed by atoms with Gasteiger partial charge in [-0.3, -0.25) is 0 Å². The summed E-state index contributed by atoms with van der Waals surface area (Å²) < 4.78 is 2.61. The summed E-state index contributed by atoms with van der Waals surface area (Å²) >= 11 is 1.86. The van der Waals surface area contributed by atoms with E-state index in [1.54, 1.807) is 0 Å². The molecule has 0 unspecified atom stereocenters. The van der Waals surface area contributed by atoms with E-state index in [1.165, 1.54) is 70.2 Å². The molecule has 1 aliphatic carbocycles. The maximum Gasteiger partial charge on any atom is 0.164 e. The van der Waals surface area contributed by atoms with E-state index in [0.717, 1.165) is 33.4 Å². The summed E-state index contributed by atoms with van der Waals surface area (Å²) in [5.41, 5.74) is 17.0. The van der Waals surface area contributed by atoms with Crippen LogP contribution in [0.3, 0.4) is 0 Å². The first-order valence-electron chi connectivity index (χ1n) is 23.1. The van der Waals surface area contributed by atoms with E-state index in [9.17, 15) is 0 Å². The lowest BCUT2D eigenvalue weighted by atomic mass is 9.67. The molecule has 0 bridgehead atoms. The van der Waals surface area contributed by atoms with Crippen LogP contribution in [0.1, 0.15) is 22.3 Å². The molecule has 3 nitrogen and oxygen atoms in total. The topological polar surface area (TPSA) is 38.7 Å². The van der Waals surface area contributed by atoms with Gasteiger partial charge in [-0.05, 0) is 97.1 Å². The highest BCUT2D eigenvalue weighted by atomic mass is 32.1. The molecule has 12 aromatic rings. The Hall–Kier alpha value is -8.57. The van der Waals surface area contributed by atoms with Crippen molar-refractivity contribution < 1.29 is 0 Å². The van der Waals surface area contributed by atoms with Crippen molar-refractivity contribution in [2.75, 3.05) is 0 Å². The van der Waals surface area contributed by atoms with Crippen LogP contribution in [0.25, 0.3) is 98.8 Å². The summed E-state index contributed by atoms with van der Waals surface area (Å²) in [6.07, 6.45) is 0. The molecule has 2 aromatic heterocycles. The lowest BCUT2D eigenvalue weighted by Gasteiger charge is -2.34. The van der Waals surface area contributed by atoms with Gasteiger partial charge in [0, 0.05) is 36.9 Å². The number of hydrogen-bond donors (Lipinski definition) is 0. The zero-order valence-corrected chi connectivity index (χ0v) is 37.7. The first-order valence-corrected chi connectivity index (χ1v) is 23.9. The predicted octanol–water partition coefficient (Wildman–Crippen LogP) is 16.6. The van der Waals surface area contributed by atoms with Crippen molar-refractivity contribution in [1.29, 1.82) is 0 Å². The van der Waals surface area contributed by atoms with Crippen LogP contribution in [0.4, 0.5) is 0 Å². The van der Waals surface area contributed by atoms with Crippen LogP contribution < -0.4 is 0 Å². The van der Waals surface area contributed by atoms with E-state index in [0.29, 0.717) is 17.5 Å². The molecule has 0 N–H and O–H groups in total. The van der Waals surface area contributed by atoms with Crippen LogP contribution in [0.2, 0.25) is 0 Å². The summed E-state index contributed by atoms with van der Waals surface area (Å²) in [5.74, 6) is 1.94. The highest BCUT2D eigenvalue weighted by molar-refractivity contribution is 7.25. The summed E-state index contributed by atoms with van der Waals surface area (Å²) in [4.78, 5) is 14.8. The zero-order chi connectivity index (χ0) is 45.0. The van der Waals surface area contributed by atoms with E-state index in [4.69, 9.17) is 15.0 Å². The highest BCUT2D eigenvalue weighted by Gasteiger charge is 2.46. The maximum absolute atomic E-state index is 4.97. The van der Waals surface area contributed by atoms with Crippen LogP contribution in [-0.4, -0.2) is 15.0 Å². The van der Waals surface area contributed by atoms with E-state index in [2.05, 4.69) is 188 Å². The number of benzene rings is 10. The summed E-state index contributed by atoms with van der Waals surface area (Å²) in [7, 11) is 0. The molecule has 4 heteroatoms. The van der Waals surface area contributed by atoms with Gasteiger partial charge in [0.15, 0.2) is 17.5 Å². The van der Waals surface area contributed by atoms with E-state index in [-0.39, 0.29) is 0 Å². The molecular formula is C64H41N3S. The Bertz CT molecular complexity index is 3710. The summed E-state index contributed by atoms with van der Waals surface area (Å²) in [6, 6.07) is 89.9. The average molecular weight is 884 g/mol. The minimum atomic E-state index is -0.515. The van der Waals surface area contributed by atoms with Crippen molar-refractivity contribution in [1.82, 2.24) is 15.0 Å². The first-order chi connectivity index (χ1) is 33.7. The van der Waals surface area contributed by atoms with E-state index in [1.807, 2.05) is 72.0 Å². The highest BCUT2D eigenvalue weighted by Crippen LogP contribution is 2.58. The molecule has 0 spiro atoms. The van der Waals surface area contributed by atoms with Crippen molar-refractivity contribution in [3.05, 3.63) is 271 Å². The van der Waals surface area contributed by atoms with Gasteiger partial charge in [-0.2, -0.15) is 0 Å². The Morgan fingerprint density at radius 3 is 1.31 bits per heavy atom. The van der Waals surface area contributed by atoms with Crippen LogP contribution in [-0.2, 0) is 5.41 Å². The van der Waals surface area contributed by atoms with Gasteiger partial charge in [0.25, 0.3) is 0 Å². The van der Waals surface area contributed by atoms with Gasteiger partial charge in [-0.15, -0.1) is 11.3 Å². The van der Waals surface area contributed by atoms with Crippen molar-refractivity contribution in [2.45, 2.75) is 5.41 Å². The molecule has 1 aliphatic rings. The van der Waals surface area contributed by atoms with Gasteiger partial charge in [0.1, 0.15) is 0 Å². The third-order valence-corrected chi connectivity index (χ3v) is 14.8. The molecule has 0 amide bonds. The second-order valence-corrected chi connectivity index (χ2v) is 18.6. The van der Waals surface area contributed by atoms with Crippen LogP contribution >= 0.6 is 11.3 Å². The smallest absolute Gasteiger partial charge is 0.164 e. The standard InChI is InChI=1S/C64H41N3S/c1-5-17-45(18-6-1)61-65-62(46-19-7-2-8-20-46)67-63(66-61)47-35-31-43(32-36-47)42-29-33-44(34-30-42)54-41-58-55(40-53(54)48-37-38-60-56(39-48)52-26-14-16-28-59(52)68-60)51-25-13-15-27-57(51)64(58,49-21-9-3-10-22-49)50-23-11-4-12-24-50/h1-41H. The third-order valence-electron chi connectivity index (χ3n) is 13.7. The lowest BCUT2D eigenvalue weighted by molar-refractivity contribution is 0.769. The molecule has 68 heavy (non-hydrogen) atoms. The molecule has 2 heterocycles. The third kappa shape index (κ3) is 6.60. The molecule has 318 valence electrons. The molecule has 0 atom stereocenters. The first kappa shape index (κ1) is 39.8. The quantitative estimate of drug-likeness (QED) is 0.153. The fourth-order valence-electron chi connectivity index (χ4n) is 10.5. The summed E-state index contributed by atoms with van der Waals surface area (Å²) in [5, 5.41) is 2.59. The van der Waals surface area contributed by atoms with Crippen molar-refractivity contribution in [3.8, 4) is 78.7 Å². The number of fused-ring (bicyclic) bond motifs is 6. The van der Waals surface area contributed by atoms with Crippen LogP contribution in [0.5, 0.6) is 0 Å². The van der Waals surface area contributed by atoms with Gasteiger partial charge in [-0.25, -0.2) is 15.0 Å². The zero-order valence-electron chi connectivity index (χ0n) is 36.9. The second kappa shape index (κ2) is 16.4.